The Kier molecular flexibility index (Phi) is 7.82. The van der Waals surface area contributed by atoms with E-state index in [1.807, 2.05) is 23.2 Å². The van der Waals surface area contributed by atoms with Crippen LogP contribution in [0.3, 0.4) is 0 Å². The van der Waals surface area contributed by atoms with Gasteiger partial charge in [-0.25, -0.2) is 4.79 Å². The molecule has 1 aromatic heterocycles. The first-order chi connectivity index (χ1) is 15.4. The van der Waals surface area contributed by atoms with E-state index in [1.165, 1.54) is 0 Å². The number of carbonyl (C=O) groups excluding carboxylic acids is 3. The number of urea groups is 1. The Labute approximate surface area is 187 Å². The Bertz CT molecular complexity index is 924. The minimum absolute atomic E-state index is 0.0192. The van der Waals surface area contributed by atoms with Crippen molar-refractivity contribution in [1.29, 1.82) is 0 Å². The quantitative estimate of drug-likeness (QED) is 0.599. The van der Waals surface area contributed by atoms with E-state index in [-0.39, 0.29) is 17.7 Å². The molecule has 172 valence electrons. The number of aromatic nitrogens is 2. The van der Waals surface area contributed by atoms with Crippen molar-refractivity contribution in [2.45, 2.75) is 19.4 Å². The molecule has 3 N–H and O–H groups in total. The highest BCUT2D eigenvalue weighted by Gasteiger charge is 2.34. The zero-order valence-electron chi connectivity index (χ0n) is 18.6. The molecule has 4 rings (SSSR count). The molecule has 0 bridgehead atoms. The van der Waals surface area contributed by atoms with Crippen molar-refractivity contribution in [2.24, 2.45) is 5.92 Å². The van der Waals surface area contributed by atoms with Gasteiger partial charge in [0.05, 0.1) is 6.20 Å². The second-order valence-corrected chi connectivity index (χ2v) is 7.91. The molecular weight excluding hydrogens is 412 g/mol. The highest BCUT2D eigenvalue weighted by Crippen LogP contribution is 2.25. The Hall–Kier alpha value is -3.40. The number of rotatable bonds is 5. The van der Waals surface area contributed by atoms with Crippen LogP contribution in [0.25, 0.3) is 11.1 Å². The number of methoxy groups -OCH3 is 1. The van der Waals surface area contributed by atoms with Crippen LogP contribution >= 0.6 is 0 Å². The Morgan fingerprint density at radius 2 is 1.91 bits per heavy atom. The Balaban J connectivity index is 0.000000913. The van der Waals surface area contributed by atoms with Gasteiger partial charge in [0.25, 0.3) is 5.91 Å². The lowest BCUT2D eigenvalue weighted by Crippen LogP contribution is -2.50. The number of hydrogen-bond acceptors (Lipinski definition) is 6. The summed E-state index contributed by atoms with van der Waals surface area (Å²) in [6.45, 7) is 4.55. The fraction of sp³-hybridized carbons (Fsp3) is 0.455. The summed E-state index contributed by atoms with van der Waals surface area (Å²) in [6, 6.07) is 7.16. The van der Waals surface area contributed by atoms with Crippen molar-refractivity contribution in [3.8, 4) is 11.1 Å². The van der Waals surface area contributed by atoms with Gasteiger partial charge in [-0.05, 0) is 24.1 Å². The maximum absolute atomic E-state index is 12.8. The predicted molar refractivity (Wildman–Crippen MR) is 120 cm³/mol. The van der Waals surface area contributed by atoms with Gasteiger partial charge in [-0.1, -0.05) is 19.1 Å². The predicted octanol–water partition coefficient (Wildman–Crippen LogP) is 1.22. The largest absolute Gasteiger partial charge is 0.388 e. The zero-order valence-corrected chi connectivity index (χ0v) is 18.6. The molecule has 32 heavy (non-hydrogen) atoms. The first kappa shape index (κ1) is 23.3. The maximum atomic E-state index is 12.8. The molecule has 1 aromatic carbocycles. The average molecular weight is 443 g/mol. The highest BCUT2D eigenvalue weighted by atomic mass is 16.4. The van der Waals surface area contributed by atoms with Gasteiger partial charge in [0.15, 0.2) is 0 Å². The topological polar surface area (TPSA) is 120 Å². The normalized spacial score (nSPS) is 19.0. The molecule has 2 unspecified atom stereocenters. The minimum atomic E-state index is -0.631. The maximum Gasteiger partial charge on any atom is 0.322 e. The van der Waals surface area contributed by atoms with Gasteiger partial charge in [0.2, 0.25) is 5.91 Å². The molecule has 4 amide bonds. The zero-order chi connectivity index (χ0) is 23.1. The van der Waals surface area contributed by atoms with Crippen molar-refractivity contribution in [1.82, 2.24) is 25.7 Å². The smallest absolute Gasteiger partial charge is 0.322 e. The van der Waals surface area contributed by atoms with E-state index in [0.29, 0.717) is 19.5 Å². The number of carbonyl (C=O) groups is 3. The minimum Gasteiger partial charge on any atom is -0.388 e. The van der Waals surface area contributed by atoms with Crippen LogP contribution in [0.4, 0.5) is 10.5 Å². The monoisotopic (exact) mass is 442 g/mol. The van der Waals surface area contributed by atoms with Gasteiger partial charge >= 0.3 is 6.03 Å². The van der Waals surface area contributed by atoms with Crippen LogP contribution in [0, 0.1) is 5.92 Å². The highest BCUT2D eigenvalue weighted by molar-refractivity contribution is 6.04. The molecule has 2 aromatic rings. The molecule has 2 fully saturated rings. The fourth-order valence-corrected chi connectivity index (χ4v) is 3.87. The van der Waals surface area contributed by atoms with E-state index in [0.717, 1.165) is 29.9 Å². The van der Waals surface area contributed by atoms with Gasteiger partial charge < -0.3 is 19.9 Å². The first-order valence-electron chi connectivity index (χ1n) is 10.6. The summed E-state index contributed by atoms with van der Waals surface area (Å²) in [7, 11) is 3.25. The fourth-order valence-electron chi connectivity index (χ4n) is 3.87. The number of ether oxygens (including phenoxy) is 1. The van der Waals surface area contributed by atoms with E-state index in [4.69, 9.17) is 0 Å². The molecule has 0 aliphatic carbocycles. The molecule has 2 aliphatic heterocycles. The standard InChI is InChI=1S/C20H24N6O3.C2H6O/c1-13(9-17-18(27)24-20(29)23-17)19(28)26-7-5-25(6-8-26)16-4-2-3-14(10-16)15-11-21-22-12-15;1-3-2/h2-4,10-13,17H,5-9H2,1H3,(H,21,22)(H2,23,24,27,29);1-2H3. The van der Waals surface area contributed by atoms with Gasteiger partial charge in [0, 0.05) is 63.8 Å². The van der Waals surface area contributed by atoms with E-state index in [1.54, 1.807) is 27.3 Å². The molecule has 2 aliphatic rings. The Morgan fingerprint density at radius 1 is 1.19 bits per heavy atom. The third-order valence-corrected chi connectivity index (χ3v) is 5.50. The average Bonchev–Trinajstić information content (AvgIpc) is 3.44. The summed E-state index contributed by atoms with van der Waals surface area (Å²) in [6.07, 6.45) is 3.97. The van der Waals surface area contributed by atoms with Crippen LogP contribution in [0.1, 0.15) is 13.3 Å². The number of aromatic amines is 1. The lowest BCUT2D eigenvalue weighted by atomic mass is 10.00. The number of hydrogen-bond donors (Lipinski definition) is 3. The van der Waals surface area contributed by atoms with E-state index in [2.05, 4.69) is 42.6 Å². The third-order valence-electron chi connectivity index (χ3n) is 5.50. The number of H-pyrrole nitrogens is 1. The summed E-state index contributed by atoms with van der Waals surface area (Å²) in [4.78, 5) is 39.8. The van der Waals surface area contributed by atoms with Gasteiger partial charge in [-0.15, -0.1) is 0 Å². The second-order valence-electron chi connectivity index (χ2n) is 7.91. The number of benzene rings is 1. The van der Waals surface area contributed by atoms with Crippen molar-refractivity contribution < 1.29 is 19.1 Å². The van der Waals surface area contributed by atoms with E-state index in [9.17, 15) is 14.4 Å². The molecule has 2 atom stereocenters. The Morgan fingerprint density at radius 3 is 2.50 bits per heavy atom. The van der Waals surface area contributed by atoms with Crippen LogP contribution in [0.15, 0.2) is 36.7 Å². The number of piperazine rings is 1. The van der Waals surface area contributed by atoms with Crippen LogP contribution in [-0.4, -0.2) is 79.4 Å². The van der Waals surface area contributed by atoms with E-state index >= 15 is 0 Å². The molecule has 10 nitrogen and oxygen atoms in total. The summed E-state index contributed by atoms with van der Waals surface area (Å²) >= 11 is 0. The molecule has 0 spiro atoms. The SMILES string of the molecule is CC(CC1NC(=O)NC1=O)C(=O)N1CCN(c2cccc(-c3cn[nH]c3)c2)CC1.COC. The number of anilines is 1. The second kappa shape index (κ2) is 10.8. The molecule has 3 heterocycles. The summed E-state index contributed by atoms with van der Waals surface area (Å²) in [5.41, 5.74) is 3.26. The number of nitrogens with one attached hydrogen (secondary N) is 3. The summed E-state index contributed by atoms with van der Waals surface area (Å²) in [5.74, 6) is -0.678. The lowest BCUT2D eigenvalue weighted by Gasteiger charge is -2.37. The van der Waals surface area contributed by atoms with Crippen molar-refractivity contribution in [2.75, 3.05) is 45.3 Å². The molecule has 0 radical (unpaired) electrons. The van der Waals surface area contributed by atoms with Crippen molar-refractivity contribution in [3.63, 3.8) is 0 Å². The van der Waals surface area contributed by atoms with Crippen molar-refractivity contribution in [3.05, 3.63) is 36.7 Å². The lowest BCUT2D eigenvalue weighted by molar-refractivity contribution is -0.135. The van der Waals surface area contributed by atoms with Crippen LogP contribution in [0.2, 0.25) is 0 Å². The van der Waals surface area contributed by atoms with Gasteiger partial charge in [0.1, 0.15) is 6.04 Å². The molecule has 2 saturated heterocycles. The number of nitrogens with zero attached hydrogens (tertiary/aromatic N) is 3. The molecular formula is C22H30N6O4. The summed E-state index contributed by atoms with van der Waals surface area (Å²) < 4.78 is 4.25. The van der Waals surface area contributed by atoms with Crippen LogP contribution in [-0.2, 0) is 14.3 Å². The summed E-state index contributed by atoms with van der Waals surface area (Å²) in [5, 5.41) is 11.6. The van der Waals surface area contributed by atoms with Crippen molar-refractivity contribution >= 4 is 23.5 Å². The number of imide groups is 1. The third kappa shape index (κ3) is 5.64. The van der Waals surface area contributed by atoms with Gasteiger partial charge in [-0.3, -0.25) is 20.0 Å². The van der Waals surface area contributed by atoms with E-state index < -0.39 is 12.1 Å². The van der Waals surface area contributed by atoms with Gasteiger partial charge in [-0.2, -0.15) is 5.10 Å². The number of amides is 4. The van der Waals surface area contributed by atoms with Crippen LogP contribution < -0.4 is 15.5 Å². The van der Waals surface area contributed by atoms with Crippen LogP contribution in [0.5, 0.6) is 0 Å². The molecule has 0 saturated carbocycles. The first-order valence-corrected chi connectivity index (χ1v) is 10.6. The molecule has 10 heteroatoms.